The largest absolute Gasteiger partial charge is 0.501 e. The molecular formula is C19H27N3O2. The maximum Gasteiger partial charge on any atom is 0.252 e. The lowest BCUT2D eigenvalue weighted by Gasteiger charge is -2.27. The molecular weight excluding hydrogens is 302 g/mol. The Labute approximate surface area is 144 Å². The van der Waals surface area contributed by atoms with Crippen LogP contribution in [0, 0.1) is 0 Å². The van der Waals surface area contributed by atoms with Gasteiger partial charge in [0.25, 0.3) is 5.91 Å². The van der Waals surface area contributed by atoms with Gasteiger partial charge in [-0.3, -0.25) is 14.7 Å². The zero-order valence-electron chi connectivity index (χ0n) is 14.5. The van der Waals surface area contributed by atoms with Crippen molar-refractivity contribution in [3.05, 3.63) is 41.9 Å². The number of pyridine rings is 1. The minimum atomic E-state index is 0.169. The molecule has 0 N–H and O–H groups in total. The first-order valence-corrected chi connectivity index (χ1v) is 8.94. The number of amides is 1. The Balaban J connectivity index is 1.54. The molecule has 0 radical (unpaired) electrons. The predicted octanol–water partition coefficient (Wildman–Crippen LogP) is 2.59. The van der Waals surface area contributed by atoms with Crippen molar-refractivity contribution >= 4 is 5.91 Å². The van der Waals surface area contributed by atoms with E-state index in [9.17, 15) is 4.79 Å². The normalized spacial score (nSPS) is 21.8. The Kier molecular flexibility index (Phi) is 5.86. The van der Waals surface area contributed by atoms with Crippen LogP contribution in [0.2, 0.25) is 0 Å². The molecule has 3 heterocycles. The Hall–Kier alpha value is -1.88. The van der Waals surface area contributed by atoms with Crippen molar-refractivity contribution in [1.29, 1.82) is 0 Å². The Morgan fingerprint density at radius 3 is 3.00 bits per heavy atom. The summed E-state index contributed by atoms with van der Waals surface area (Å²) in [5.74, 6) is 0.169. The quantitative estimate of drug-likeness (QED) is 0.852. The number of aromatic nitrogens is 1. The van der Waals surface area contributed by atoms with Crippen LogP contribution in [0.5, 0.6) is 0 Å². The van der Waals surface area contributed by atoms with Crippen molar-refractivity contribution in [2.45, 2.75) is 44.7 Å². The van der Waals surface area contributed by atoms with Gasteiger partial charge in [0.05, 0.1) is 24.1 Å². The molecule has 1 aromatic rings. The van der Waals surface area contributed by atoms with Gasteiger partial charge in [-0.1, -0.05) is 6.07 Å². The van der Waals surface area contributed by atoms with Gasteiger partial charge in [-0.05, 0) is 51.3 Å². The molecule has 24 heavy (non-hydrogen) atoms. The van der Waals surface area contributed by atoms with E-state index >= 15 is 0 Å². The fraction of sp³-hybridized carbons (Fsp3) is 0.579. The number of ether oxygens (including phenoxy) is 1. The molecule has 0 unspecified atom stereocenters. The topological polar surface area (TPSA) is 45.7 Å². The van der Waals surface area contributed by atoms with Gasteiger partial charge in [0.1, 0.15) is 0 Å². The van der Waals surface area contributed by atoms with Gasteiger partial charge in [0.15, 0.2) is 0 Å². The second-order valence-corrected chi connectivity index (χ2v) is 6.73. The fourth-order valence-corrected chi connectivity index (χ4v) is 3.52. The first-order chi connectivity index (χ1) is 11.7. The first-order valence-electron chi connectivity index (χ1n) is 8.94. The van der Waals surface area contributed by atoms with Crippen LogP contribution < -0.4 is 0 Å². The van der Waals surface area contributed by atoms with Crippen molar-refractivity contribution < 1.29 is 9.53 Å². The standard InChI is InChI=1S/C19H27N3O2/c1-21(14-17-7-2-3-10-20-17)18-8-4-11-22(12-9-18)19(23)16-6-5-13-24-15-16/h2-3,7,10,15,18H,4-6,8-9,11-14H2,1H3/t18-/m1/s1. The lowest BCUT2D eigenvalue weighted by molar-refractivity contribution is -0.127. The molecule has 2 aliphatic heterocycles. The van der Waals surface area contributed by atoms with Gasteiger partial charge in [0.2, 0.25) is 0 Å². The molecule has 1 fully saturated rings. The molecule has 2 aliphatic rings. The molecule has 1 saturated heterocycles. The molecule has 0 spiro atoms. The molecule has 5 heteroatoms. The third kappa shape index (κ3) is 4.35. The Morgan fingerprint density at radius 2 is 2.25 bits per heavy atom. The van der Waals surface area contributed by atoms with Crippen LogP contribution in [0.4, 0.5) is 0 Å². The highest BCUT2D eigenvalue weighted by Gasteiger charge is 2.25. The highest BCUT2D eigenvalue weighted by Crippen LogP contribution is 2.21. The predicted molar refractivity (Wildman–Crippen MR) is 93.2 cm³/mol. The maximum atomic E-state index is 12.6. The lowest BCUT2D eigenvalue weighted by atomic mass is 10.1. The van der Waals surface area contributed by atoms with E-state index in [1.165, 1.54) is 0 Å². The third-order valence-corrected chi connectivity index (χ3v) is 4.95. The summed E-state index contributed by atoms with van der Waals surface area (Å²) in [7, 11) is 2.16. The second kappa shape index (κ2) is 8.29. The summed E-state index contributed by atoms with van der Waals surface area (Å²) in [6, 6.07) is 6.55. The van der Waals surface area contributed by atoms with E-state index in [-0.39, 0.29) is 5.91 Å². The van der Waals surface area contributed by atoms with E-state index in [0.717, 1.165) is 69.6 Å². The van der Waals surface area contributed by atoms with Crippen molar-refractivity contribution in [2.24, 2.45) is 0 Å². The Bertz CT molecular complexity index is 573. The van der Waals surface area contributed by atoms with Crippen LogP contribution in [0.1, 0.15) is 37.8 Å². The number of rotatable bonds is 4. The van der Waals surface area contributed by atoms with E-state index in [4.69, 9.17) is 4.74 Å². The van der Waals surface area contributed by atoms with Gasteiger partial charge in [-0.15, -0.1) is 0 Å². The van der Waals surface area contributed by atoms with Crippen LogP contribution in [0.25, 0.3) is 0 Å². The number of hydrogen-bond donors (Lipinski definition) is 0. The van der Waals surface area contributed by atoms with Gasteiger partial charge in [-0.2, -0.15) is 0 Å². The third-order valence-electron chi connectivity index (χ3n) is 4.95. The van der Waals surface area contributed by atoms with Crippen LogP contribution in [0.3, 0.4) is 0 Å². The number of nitrogens with zero attached hydrogens (tertiary/aromatic N) is 3. The van der Waals surface area contributed by atoms with Crippen molar-refractivity contribution in [3.8, 4) is 0 Å². The molecule has 130 valence electrons. The zero-order valence-corrected chi connectivity index (χ0v) is 14.5. The zero-order chi connectivity index (χ0) is 16.8. The number of likely N-dealkylation sites (tertiary alicyclic amines) is 1. The molecule has 5 nitrogen and oxygen atoms in total. The van der Waals surface area contributed by atoms with Crippen LogP contribution in [-0.4, -0.2) is 53.5 Å². The highest BCUT2D eigenvalue weighted by atomic mass is 16.5. The number of carbonyl (C=O) groups excluding carboxylic acids is 1. The number of hydrogen-bond acceptors (Lipinski definition) is 4. The first kappa shape index (κ1) is 17.0. The highest BCUT2D eigenvalue weighted by molar-refractivity contribution is 5.93. The molecule has 1 amide bonds. The maximum absolute atomic E-state index is 12.6. The summed E-state index contributed by atoms with van der Waals surface area (Å²) in [4.78, 5) is 21.4. The van der Waals surface area contributed by atoms with Gasteiger partial charge >= 0.3 is 0 Å². The van der Waals surface area contributed by atoms with E-state index in [1.54, 1.807) is 6.26 Å². The van der Waals surface area contributed by atoms with E-state index in [2.05, 4.69) is 23.0 Å². The van der Waals surface area contributed by atoms with E-state index in [1.807, 2.05) is 23.2 Å². The molecule has 3 rings (SSSR count). The molecule has 0 saturated carbocycles. The average Bonchev–Trinajstić information content (AvgIpc) is 2.89. The molecule has 1 aromatic heterocycles. The van der Waals surface area contributed by atoms with E-state index in [0.29, 0.717) is 6.04 Å². The summed E-state index contributed by atoms with van der Waals surface area (Å²) < 4.78 is 5.33. The second-order valence-electron chi connectivity index (χ2n) is 6.73. The molecule has 1 atom stereocenters. The Morgan fingerprint density at radius 1 is 1.33 bits per heavy atom. The van der Waals surface area contributed by atoms with Crippen molar-refractivity contribution in [3.63, 3.8) is 0 Å². The molecule has 0 aromatic carbocycles. The molecule has 0 aliphatic carbocycles. The van der Waals surface area contributed by atoms with Crippen LogP contribution in [0.15, 0.2) is 36.2 Å². The summed E-state index contributed by atoms with van der Waals surface area (Å²) in [5, 5.41) is 0. The van der Waals surface area contributed by atoms with Gasteiger partial charge in [0, 0.05) is 31.9 Å². The van der Waals surface area contributed by atoms with Crippen LogP contribution >= 0.6 is 0 Å². The van der Waals surface area contributed by atoms with E-state index < -0.39 is 0 Å². The molecule has 0 bridgehead atoms. The summed E-state index contributed by atoms with van der Waals surface area (Å²) in [6.45, 7) is 3.27. The monoisotopic (exact) mass is 329 g/mol. The SMILES string of the molecule is CN(Cc1ccccn1)[C@@H]1CCCN(C(=O)C2=COCCC2)CC1. The van der Waals surface area contributed by atoms with Gasteiger partial charge in [-0.25, -0.2) is 0 Å². The minimum Gasteiger partial charge on any atom is -0.501 e. The summed E-state index contributed by atoms with van der Waals surface area (Å²) >= 11 is 0. The van der Waals surface area contributed by atoms with Crippen molar-refractivity contribution in [1.82, 2.24) is 14.8 Å². The van der Waals surface area contributed by atoms with Crippen LogP contribution in [-0.2, 0) is 16.1 Å². The average molecular weight is 329 g/mol. The lowest BCUT2D eigenvalue weighted by Crippen LogP contribution is -2.36. The summed E-state index contributed by atoms with van der Waals surface area (Å²) in [5.41, 5.74) is 1.93. The van der Waals surface area contributed by atoms with Gasteiger partial charge < -0.3 is 9.64 Å². The van der Waals surface area contributed by atoms with Crippen molar-refractivity contribution in [2.75, 3.05) is 26.7 Å². The summed E-state index contributed by atoms with van der Waals surface area (Å²) in [6.07, 6.45) is 8.50. The minimum absolute atomic E-state index is 0.169. The fourth-order valence-electron chi connectivity index (χ4n) is 3.52. The number of carbonyl (C=O) groups is 1. The smallest absolute Gasteiger partial charge is 0.252 e.